The molecule has 29 heavy (non-hydrogen) atoms. The van der Waals surface area contributed by atoms with Gasteiger partial charge in [-0.1, -0.05) is 0 Å². The number of aryl methyl sites for hydroxylation is 2. The van der Waals surface area contributed by atoms with Crippen molar-refractivity contribution in [3.8, 4) is 6.07 Å². The SMILES string of the molecule is Cc1nn(CCC#N)c(C)c1CCC(=O)N1CCN(CC(=O)NC(C)(C)C)CC1. The van der Waals surface area contributed by atoms with Crippen LogP contribution < -0.4 is 5.32 Å². The van der Waals surface area contributed by atoms with Gasteiger partial charge in [-0.15, -0.1) is 0 Å². The van der Waals surface area contributed by atoms with Gasteiger partial charge in [-0.25, -0.2) is 0 Å². The van der Waals surface area contributed by atoms with Gasteiger partial charge in [-0.2, -0.15) is 10.4 Å². The molecule has 1 aromatic rings. The second-order valence-electron chi connectivity index (χ2n) is 8.74. The molecule has 8 heteroatoms. The van der Waals surface area contributed by atoms with Crippen molar-refractivity contribution in [2.24, 2.45) is 0 Å². The molecule has 0 saturated carbocycles. The van der Waals surface area contributed by atoms with Gasteiger partial charge >= 0.3 is 0 Å². The van der Waals surface area contributed by atoms with Crippen molar-refractivity contribution >= 4 is 11.8 Å². The number of carbonyl (C=O) groups is 2. The molecule has 2 rings (SSSR count). The quantitative estimate of drug-likeness (QED) is 0.744. The first-order valence-electron chi connectivity index (χ1n) is 10.3. The van der Waals surface area contributed by atoms with Crippen LogP contribution in [0, 0.1) is 25.2 Å². The number of hydrogen-bond donors (Lipinski definition) is 1. The fraction of sp³-hybridized carbons (Fsp3) is 0.714. The Morgan fingerprint density at radius 1 is 1.17 bits per heavy atom. The van der Waals surface area contributed by atoms with E-state index in [0.29, 0.717) is 58.5 Å². The van der Waals surface area contributed by atoms with E-state index in [0.717, 1.165) is 17.0 Å². The maximum Gasteiger partial charge on any atom is 0.234 e. The fourth-order valence-electron chi connectivity index (χ4n) is 3.68. The van der Waals surface area contributed by atoms with E-state index in [2.05, 4.69) is 21.4 Å². The lowest BCUT2D eigenvalue weighted by molar-refractivity contribution is -0.133. The summed E-state index contributed by atoms with van der Waals surface area (Å²) in [4.78, 5) is 28.7. The Balaban J connectivity index is 1.80. The zero-order chi connectivity index (χ0) is 21.6. The van der Waals surface area contributed by atoms with Gasteiger partial charge in [-0.05, 0) is 46.6 Å². The van der Waals surface area contributed by atoms with Crippen molar-refractivity contribution in [3.05, 3.63) is 17.0 Å². The number of aromatic nitrogens is 2. The smallest absolute Gasteiger partial charge is 0.234 e. The summed E-state index contributed by atoms with van der Waals surface area (Å²) in [5.74, 6) is 0.170. The highest BCUT2D eigenvalue weighted by atomic mass is 16.2. The second kappa shape index (κ2) is 9.88. The molecule has 1 aliphatic rings. The summed E-state index contributed by atoms with van der Waals surface area (Å²) in [5.41, 5.74) is 2.85. The summed E-state index contributed by atoms with van der Waals surface area (Å²) in [5, 5.41) is 16.2. The van der Waals surface area contributed by atoms with Crippen LogP contribution in [0.3, 0.4) is 0 Å². The lowest BCUT2D eigenvalue weighted by Crippen LogP contribution is -2.52. The van der Waals surface area contributed by atoms with E-state index in [1.165, 1.54) is 0 Å². The van der Waals surface area contributed by atoms with E-state index in [4.69, 9.17) is 5.26 Å². The molecule has 160 valence electrons. The van der Waals surface area contributed by atoms with E-state index in [1.54, 1.807) is 0 Å². The molecule has 2 amide bonds. The second-order valence-corrected chi connectivity index (χ2v) is 8.74. The van der Waals surface area contributed by atoms with E-state index in [-0.39, 0.29) is 17.4 Å². The van der Waals surface area contributed by atoms with E-state index < -0.39 is 0 Å². The predicted octanol–water partition coefficient (Wildman–Crippen LogP) is 1.41. The Morgan fingerprint density at radius 2 is 1.83 bits per heavy atom. The summed E-state index contributed by atoms with van der Waals surface area (Å²) in [6.07, 6.45) is 1.55. The number of rotatable bonds is 7. The zero-order valence-electron chi connectivity index (χ0n) is 18.4. The zero-order valence-corrected chi connectivity index (χ0v) is 18.4. The lowest BCUT2D eigenvalue weighted by atomic mass is 10.1. The van der Waals surface area contributed by atoms with Crippen LogP contribution in [0.1, 0.15) is 50.6 Å². The first-order chi connectivity index (χ1) is 13.6. The maximum atomic E-state index is 12.6. The van der Waals surface area contributed by atoms with Gasteiger partial charge in [0.05, 0.1) is 31.3 Å². The third-order valence-electron chi connectivity index (χ3n) is 5.16. The van der Waals surface area contributed by atoms with Crippen molar-refractivity contribution < 1.29 is 9.59 Å². The highest BCUT2D eigenvalue weighted by Crippen LogP contribution is 2.16. The lowest BCUT2D eigenvalue weighted by Gasteiger charge is -2.35. The molecule has 1 aliphatic heterocycles. The topological polar surface area (TPSA) is 94.3 Å². The molecule has 0 aliphatic carbocycles. The first kappa shape index (κ1) is 22.9. The van der Waals surface area contributed by atoms with Crippen LogP contribution in [0.5, 0.6) is 0 Å². The molecule has 1 fully saturated rings. The van der Waals surface area contributed by atoms with Gasteiger partial charge in [-0.3, -0.25) is 19.2 Å². The predicted molar refractivity (Wildman–Crippen MR) is 111 cm³/mol. The van der Waals surface area contributed by atoms with Gasteiger partial charge in [0.1, 0.15) is 0 Å². The molecule has 1 N–H and O–H groups in total. The van der Waals surface area contributed by atoms with Gasteiger partial charge in [0.15, 0.2) is 0 Å². The summed E-state index contributed by atoms with van der Waals surface area (Å²) < 4.78 is 1.86. The minimum atomic E-state index is -0.229. The van der Waals surface area contributed by atoms with Crippen LogP contribution >= 0.6 is 0 Å². The van der Waals surface area contributed by atoms with Gasteiger partial charge in [0.2, 0.25) is 11.8 Å². The Labute approximate surface area is 173 Å². The van der Waals surface area contributed by atoms with E-state index >= 15 is 0 Å². The van der Waals surface area contributed by atoms with Crippen molar-refractivity contribution in [2.75, 3.05) is 32.7 Å². The van der Waals surface area contributed by atoms with Crippen molar-refractivity contribution in [1.82, 2.24) is 24.9 Å². The van der Waals surface area contributed by atoms with Crippen LogP contribution in [0.4, 0.5) is 0 Å². The molecule has 8 nitrogen and oxygen atoms in total. The van der Waals surface area contributed by atoms with E-state index in [9.17, 15) is 9.59 Å². The number of hydrogen-bond acceptors (Lipinski definition) is 5. The number of carbonyl (C=O) groups excluding carboxylic acids is 2. The molecule has 1 aromatic heterocycles. The third-order valence-corrected chi connectivity index (χ3v) is 5.16. The van der Waals surface area contributed by atoms with Crippen molar-refractivity contribution in [1.29, 1.82) is 5.26 Å². The maximum absolute atomic E-state index is 12.6. The summed E-state index contributed by atoms with van der Waals surface area (Å²) >= 11 is 0. The number of piperazine rings is 1. The average molecular weight is 403 g/mol. The molecule has 1 saturated heterocycles. The van der Waals surface area contributed by atoms with Gasteiger partial charge in [0, 0.05) is 43.8 Å². The van der Waals surface area contributed by atoms with Crippen LogP contribution in [0.25, 0.3) is 0 Å². The van der Waals surface area contributed by atoms with Crippen LogP contribution in [-0.2, 0) is 22.6 Å². The Bertz CT molecular complexity index is 763. The number of nitrogens with one attached hydrogen (secondary N) is 1. The molecule has 0 bridgehead atoms. The molecular formula is C21H34N6O2. The molecule has 0 radical (unpaired) electrons. The Morgan fingerprint density at radius 3 is 2.41 bits per heavy atom. The normalized spacial score (nSPS) is 15.2. The minimum Gasteiger partial charge on any atom is -0.350 e. The highest BCUT2D eigenvalue weighted by Gasteiger charge is 2.24. The Kier molecular flexibility index (Phi) is 7.80. The molecule has 0 spiro atoms. The highest BCUT2D eigenvalue weighted by molar-refractivity contribution is 5.79. The van der Waals surface area contributed by atoms with Gasteiger partial charge in [0.25, 0.3) is 0 Å². The minimum absolute atomic E-state index is 0.0247. The third kappa shape index (κ3) is 6.86. The van der Waals surface area contributed by atoms with Crippen LogP contribution in [0.15, 0.2) is 0 Å². The standard InChI is InChI=1S/C21H34N6O2/c1-16-18(17(2)27(24-16)10-6-9-22)7-8-20(29)26-13-11-25(12-14-26)15-19(28)23-21(3,4)5/h6-8,10-15H2,1-5H3,(H,23,28). The first-order valence-corrected chi connectivity index (χ1v) is 10.3. The fourth-order valence-corrected chi connectivity index (χ4v) is 3.68. The van der Waals surface area contributed by atoms with Crippen molar-refractivity contribution in [2.45, 2.75) is 66.0 Å². The molecule has 0 unspecified atom stereocenters. The number of amides is 2. The summed E-state index contributed by atoms with van der Waals surface area (Å²) in [6, 6.07) is 2.14. The average Bonchev–Trinajstić information content (AvgIpc) is 2.90. The summed E-state index contributed by atoms with van der Waals surface area (Å²) in [6.45, 7) is 13.6. The molecule has 0 aromatic carbocycles. The van der Waals surface area contributed by atoms with Crippen LogP contribution in [0.2, 0.25) is 0 Å². The molecule has 2 heterocycles. The number of nitriles is 1. The van der Waals surface area contributed by atoms with E-state index in [1.807, 2.05) is 44.2 Å². The van der Waals surface area contributed by atoms with Crippen molar-refractivity contribution in [3.63, 3.8) is 0 Å². The molecule has 0 atom stereocenters. The molecular weight excluding hydrogens is 368 g/mol. The Hall–Kier alpha value is -2.40. The summed E-state index contributed by atoms with van der Waals surface area (Å²) in [7, 11) is 0. The monoisotopic (exact) mass is 402 g/mol. The number of nitrogens with zero attached hydrogens (tertiary/aromatic N) is 5. The van der Waals surface area contributed by atoms with Gasteiger partial charge < -0.3 is 10.2 Å². The van der Waals surface area contributed by atoms with Crippen LogP contribution in [-0.4, -0.2) is 69.7 Å². The largest absolute Gasteiger partial charge is 0.350 e.